The monoisotopic (exact) mass is 789 g/mol. The largest absolute Gasteiger partial charge is 0.508 e. The second kappa shape index (κ2) is 13.1. The minimum absolute atomic E-state index is 0.0391. The molecule has 0 amide bonds. The Bertz CT molecular complexity index is 2490. The molecule has 0 spiro atoms. The molecular weight excluding hydrogens is 748 g/mol. The predicted molar refractivity (Wildman–Crippen MR) is 203 cm³/mol. The van der Waals surface area contributed by atoms with Gasteiger partial charge in [-0.3, -0.25) is 14.5 Å². The molecule has 6 heterocycles. The van der Waals surface area contributed by atoms with Gasteiger partial charge in [0.1, 0.15) is 41.2 Å². The third kappa shape index (κ3) is 5.80. The van der Waals surface area contributed by atoms with Gasteiger partial charge in [-0.2, -0.15) is 28.2 Å². The second-order valence-corrected chi connectivity index (χ2v) is 16.8. The number of alkyl halides is 4. The fourth-order valence-electron chi connectivity index (χ4n) is 10.8. The predicted octanol–water partition coefficient (Wildman–Crippen LogP) is 7.50. The fraction of sp³-hybridized carbons (Fsp3) is 0.500. The van der Waals surface area contributed by atoms with Gasteiger partial charge in [-0.15, -0.1) is 6.42 Å². The molecule has 15 heteroatoms. The number of aromatic nitrogens is 4. The summed E-state index contributed by atoms with van der Waals surface area (Å²) in [5.41, 5.74) is -0.426. The summed E-state index contributed by atoms with van der Waals surface area (Å²) in [5, 5.41) is 17.1. The molecular formula is C42H41F6N7O2. The molecule has 0 radical (unpaired) electrons. The van der Waals surface area contributed by atoms with E-state index in [2.05, 4.69) is 25.7 Å². The highest BCUT2D eigenvalue weighted by molar-refractivity contribution is 6.18. The van der Waals surface area contributed by atoms with E-state index in [4.69, 9.17) is 21.1 Å². The molecule has 2 aromatic heterocycles. The zero-order chi connectivity index (χ0) is 39.5. The third-order valence-electron chi connectivity index (χ3n) is 13.5. The molecule has 4 saturated heterocycles. The number of hydrogen-bond donors (Lipinski definition) is 1. The minimum atomic E-state index is -4.21. The Hall–Kier alpha value is -4.81. The van der Waals surface area contributed by atoms with Crippen LogP contribution in [-0.2, 0) is 7.05 Å². The highest BCUT2D eigenvalue weighted by atomic mass is 19.4. The molecule has 9 nitrogen and oxygen atoms in total. The second-order valence-electron chi connectivity index (χ2n) is 16.8. The van der Waals surface area contributed by atoms with Crippen LogP contribution in [0.5, 0.6) is 11.8 Å². The van der Waals surface area contributed by atoms with Crippen molar-refractivity contribution in [2.24, 2.45) is 18.9 Å². The number of aromatic hydroxyl groups is 1. The van der Waals surface area contributed by atoms with Crippen LogP contribution in [0, 0.1) is 35.8 Å². The van der Waals surface area contributed by atoms with Crippen molar-refractivity contribution >= 4 is 38.4 Å². The van der Waals surface area contributed by atoms with Gasteiger partial charge in [0.15, 0.2) is 5.82 Å². The zero-order valence-corrected chi connectivity index (χ0v) is 31.3. The van der Waals surface area contributed by atoms with E-state index in [0.717, 1.165) is 32.2 Å². The minimum Gasteiger partial charge on any atom is -0.508 e. The van der Waals surface area contributed by atoms with Crippen molar-refractivity contribution in [3.63, 3.8) is 0 Å². The van der Waals surface area contributed by atoms with Gasteiger partial charge in [-0.1, -0.05) is 12.0 Å². The van der Waals surface area contributed by atoms with Crippen molar-refractivity contribution in [2.45, 2.75) is 74.9 Å². The molecule has 5 aromatic rings. The SMILES string of the molecule is C#Cc1c(F)ccc2cc(O)cc(-c3c(F)c4nc(OC[C@@]56CCCN5C[C@H](F)C6)nc(N5CC6CCC(C5)N6C[C@@H]5CC[C@H]5C(F)(F)F)c4c4cn(C)nc34)c12. The van der Waals surface area contributed by atoms with Crippen molar-refractivity contribution in [1.82, 2.24) is 29.5 Å². The highest BCUT2D eigenvalue weighted by Crippen LogP contribution is 2.49. The van der Waals surface area contributed by atoms with E-state index in [1.807, 2.05) is 0 Å². The van der Waals surface area contributed by atoms with Gasteiger partial charge in [0.05, 0.1) is 22.4 Å². The molecule has 5 fully saturated rings. The Kier molecular flexibility index (Phi) is 8.40. The smallest absolute Gasteiger partial charge is 0.392 e. The number of terminal acetylenes is 1. The van der Waals surface area contributed by atoms with Gasteiger partial charge in [-0.25, -0.2) is 13.2 Å². The number of aryl methyl sites for hydroxylation is 1. The number of phenolic OH excluding ortho intramolecular Hbond substituents is 1. The number of benzene rings is 3. The molecule has 57 heavy (non-hydrogen) atoms. The molecule has 3 aromatic carbocycles. The molecule has 1 N–H and O–H groups in total. The average molecular weight is 790 g/mol. The lowest BCUT2D eigenvalue weighted by atomic mass is 9.72. The van der Waals surface area contributed by atoms with Crippen LogP contribution in [0.25, 0.3) is 43.7 Å². The quantitative estimate of drug-likeness (QED) is 0.134. The average Bonchev–Trinajstić information content (AvgIpc) is 3.86. The van der Waals surface area contributed by atoms with Gasteiger partial charge >= 0.3 is 12.2 Å². The van der Waals surface area contributed by atoms with E-state index in [0.29, 0.717) is 61.0 Å². The summed E-state index contributed by atoms with van der Waals surface area (Å²) in [6.07, 6.45) is 6.60. The summed E-state index contributed by atoms with van der Waals surface area (Å²) >= 11 is 0. The van der Waals surface area contributed by atoms with E-state index < -0.39 is 41.4 Å². The van der Waals surface area contributed by atoms with Crippen LogP contribution in [-0.4, -0.2) is 104 Å². The van der Waals surface area contributed by atoms with Crippen LogP contribution in [0.3, 0.4) is 0 Å². The first-order valence-electron chi connectivity index (χ1n) is 19.7. The van der Waals surface area contributed by atoms with Crippen molar-refractivity contribution in [2.75, 3.05) is 44.2 Å². The number of nitrogens with zero attached hydrogens (tertiary/aromatic N) is 7. The summed E-state index contributed by atoms with van der Waals surface area (Å²) in [6, 6.07) is 5.26. The van der Waals surface area contributed by atoms with Gasteiger partial charge in [-0.05, 0) is 80.1 Å². The highest BCUT2D eigenvalue weighted by Gasteiger charge is 2.52. The number of phenols is 1. The van der Waals surface area contributed by atoms with Gasteiger partial charge in [0.2, 0.25) is 0 Å². The molecule has 5 aliphatic rings. The number of piperazine rings is 1. The molecule has 6 atom stereocenters. The molecule has 1 saturated carbocycles. The lowest BCUT2D eigenvalue weighted by Gasteiger charge is -2.47. The van der Waals surface area contributed by atoms with Crippen LogP contribution in [0.1, 0.15) is 50.5 Å². The molecule has 1 aliphatic carbocycles. The normalized spacial score (nSPS) is 27.8. The van der Waals surface area contributed by atoms with Gasteiger partial charge in [0, 0.05) is 74.3 Å². The van der Waals surface area contributed by atoms with Gasteiger partial charge < -0.3 is 14.7 Å². The number of halogens is 6. The first-order valence-corrected chi connectivity index (χ1v) is 19.7. The Labute approximate surface area is 324 Å². The molecule has 4 aliphatic heterocycles. The summed E-state index contributed by atoms with van der Waals surface area (Å²) < 4.78 is 96.9. The Balaban J connectivity index is 1.13. The van der Waals surface area contributed by atoms with Crippen LogP contribution >= 0.6 is 0 Å². The number of hydrogen-bond acceptors (Lipinski definition) is 8. The first kappa shape index (κ1) is 36.5. The van der Waals surface area contributed by atoms with E-state index in [1.165, 1.54) is 28.9 Å². The Morgan fingerprint density at radius 1 is 1.02 bits per heavy atom. The number of fused-ring (bicyclic) bond motifs is 7. The molecule has 10 rings (SSSR count). The van der Waals surface area contributed by atoms with Crippen molar-refractivity contribution in [3.8, 4) is 35.2 Å². The molecule has 298 valence electrons. The van der Waals surface area contributed by atoms with Crippen molar-refractivity contribution in [1.29, 1.82) is 0 Å². The van der Waals surface area contributed by atoms with Crippen LogP contribution in [0.15, 0.2) is 30.5 Å². The maximum Gasteiger partial charge on any atom is 0.392 e. The summed E-state index contributed by atoms with van der Waals surface area (Å²) in [4.78, 5) is 16.1. The lowest BCUT2D eigenvalue weighted by molar-refractivity contribution is -0.215. The molecule has 2 unspecified atom stereocenters. The fourth-order valence-corrected chi connectivity index (χ4v) is 10.8. The van der Waals surface area contributed by atoms with Crippen molar-refractivity contribution < 1.29 is 36.2 Å². The Morgan fingerprint density at radius 3 is 2.53 bits per heavy atom. The van der Waals surface area contributed by atoms with E-state index in [1.54, 1.807) is 13.2 Å². The number of ether oxygens (including phenoxy) is 1. The number of rotatable bonds is 7. The maximum atomic E-state index is 17.8. The first-order chi connectivity index (χ1) is 27.3. The summed E-state index contributed by atoms with van der Waals surface area (Å²) in [6.45, 7) is 2.44. The Morgan fingerprint density at radius 2 is 1.81 bits per heavy atom. The lowest BCUT2D eigenvalue weighted by Crippen LogP contribution is -2.57. The number of anilines is 1. The standard InChI is InChI=1S/C42H41F6N7O2/c1-3-28-32(44)10-6-22-13-27(56)14-29(33(22)28)34-36(45)38-35(30-20-52(2)51-37(30)34)39(50-40(49-38)57-21-41-11-4-12-54(41)17-24(43)15-41)53-18-25-7-8-26(19-53)55(25)16-23-5-9-31(23)42(46,47)48/h1,6,10,13-14,20,23-26,31,56H,4-5,7-9,11-12,15-19,21H2,2H3/t23-,24+,25?,26?,31+,41-/m0/s1. The topological polar surface area (TPSA) is 82.8 Å². The zero-order valence-electron chi connectivity index (χ0n) is 31.3. The third-order valence-corrected chi connectivity index (χ3v) is 13.5. The van der Waals surface area contributed by atoms with Crippen LogP contribution in [0.4, 0.5) is 32.2 Å². The van der Waals surface area contributed by atoms with E-state index >= 15 is 8.78 Å². The summed E-state index contributed by atoms with van der Waals surface area (Å²) in [5.74, 6) is -0.595. The van der Waals surface area contributed by atoms with Crippen molar-refractivity contribution in [3.05, 3.63) is 47.7 Å². The van der Waals surface area contributed by atoms with Gasteiger partial charge in [0.25, 0.3) is 0 Å². The van der Waals surface area contributed by atoms with E-state index in [-0.39, 0.29) is 70.0 Å². The van der Waals surface area contributed by atoms with Crippen LogP contribution in [0.2, 0.25) is 0 Å². The van der Waals surface area contributed by atoms with Crippen LogP contribution < -0.4 is 9.64 Å². The maximum absolute atomic E-state index is 17.8. The van der Waals surface area contributed by atoms with E-state index in [9.17, 15) is 22.7 Å². The molecule has 2 bridgehead atoms. The summed E-state index contributed by atoms with van der Waals surface area (Å²) in [7, 11) is 1.69.